The molecule has 3 amide bonds. The molecule has 1 aromatic rings. The Kier molecular flexibility index (Phi) is 3.42. The third kappa shape index (κ3) is 2.40. The molecule has 0 radical (unpaired) electrons. The molecule has 2 heterocycles. The van der Waals surface area contributed by atoms with Gasteiger partial charge in [0.1, 0.15) is 12.5 Å². The maximum atomic E-state index is 13.2. The number of carbonyl (C=O) groups is 3. The van der Waals surface area contributed by atoms with Gasteiger partial charge in [0, 0.05) is 6.42 Å². The molecule has 0 aromatic heterocycles. The first-order valence-corrected chi connectivity index (χ1v) is 6.60. The number of rotatable bonds is 1. The van der Waals surface area contributed by atoms with Crippen molar-refractivity contribution < 1.29 is 23.5 Å². The van der Waals surface area contributed by atoms with Gasteiger partial charge >= 0.3 is 0 Å². The van der Waals surface area contributed by atoms with Crippen LogP contribution in [-0.4, -0.2) is 42.0 Å². The zero-order valence-corrected chi connectivity index (χ0v) is 11.1. The highest BCUT2D eigenvalue weighted by Gasteiger charge is 2.40. The van der Waals surface area contributed by atoms with Gasteiger partial charge in [-0.2, -0.15) is 0 Å². The molecule has 21 heavy (non-hydrogen) atoms. The summed E-state index contributed by atoms with van der Waals surface area (Å²) in [6.45, 7) is 0.196. The van der Waals surface area contributed by atoms with Gasteiger partial charge in [-0.1, -0.05) is 0 Å². The van der Waals surface area contributed by atoms with Crippen LogP contribution in [0.5, 0.6) is 0 Å². The molecule has 0 aliphatic carbocycles. The van der Waals surface area contributed by atoms with Crippen LogP contribution in [0.25, 0.3) is 0 Å². The molecule has 0 saturated carbocycles. The minimum atomic E-state index is -0.565. The molecule has 2 aliphatic heterocycles. The zero-order valence-electron chi connectivity index (χ0n) is 11.1. The van der Waals surface area contributed by atoms with Crippen molar-refractivity contribution in [2.45, 2.75) is 18.9 Å². The summed E-state index contributed by atoms with van der Waals surface area (Å²) in [7, 11) is 0. The van der Waals surface area contributed by atoms with Crippen LogP contribution in [0.4, 0.5) is 4.39 Å². The fraction of sp³-hybridized carbons (Fsp3) is 0.357. The Balaban J connectivity index is 1.88. The van der Waals surface area contributed by atoms with Crippen LogP contribution in [0.1, 0.15) is 33.6 Å². The van der Waals surface area contributed by atoms with Crippen molar-refractivity contribution in [1.82, 2.24) is 10.2 Å². The number of hydrogen-bond acceptors (Lipinski definition) is 4. The fourth-order valence-electron chi connectivity index (χ4n) is 2.56. The monoisotopic (exact) mass is 292 g/mol. The van der Waals surface area contributed by atoms with Crippen molar-refractivity contribution in [2.24, 2.45) is 0 Å². The summed E-state index contributed by atoms with van der Waals surface area (Å²) in [5.74, 6) is -1.76. The molecule has 7 heteroatoms. The summed E-state index contributed by atoms with van der Waals surface area (Å²) in [5, 5.41) is 2.54. The average Bonchev–Trinajstić information content (AvgIpc) is 2.68. The van der Waals surface area contributed by atoms with Crippen molar-refractivity contribution in [3.63, 3.8) is 0 Å². The molecule has 1 fully saturated rings. The maximum absolute atomic E-state index is 13.2. The van der Waals surface area contributed by atoms with Gasteiger partial charge in [0.05, 0.1) is 23.8 Å². The number of fused-ring (bicyclic) bond motifs is 1. The van der Waals surface area contributed by atoms with Gasteiger partial charge in [0.2, 0.25) is 5.91 Å². The standard InChI is InChI=1S/C14H13FN2O4/c15-8-1-3-10-11(5-8)14(20)17(13(10)19)9-2-4-12(18)16-7-21-6-9/h1,3,5,9H,2,4,6-7H2,(H,16,18). The highest BCUT2D eigenvalue weighted by molar-refractivity contribution is 6.21. The van der Waals surface area contributed by atoms with E-state index in [-0.39, 0.29) is 36.8 Å². The van der Waals surface area contributed by atoms with E-state index in [0.717, 1.165) is 17.0 Å². The Morgan fingerprint density at radius 3 is 2.76 bits per heavy atom. The van der Waals surface area contributed by atoms with E-state index in [0.29, 0.717) is 6.42 Å². The van der Waals surface area contributed by atoms with Crippen molar-refractivity contribution in [3.8, 4) is 0 Å². The van der Waals surface area contributed by atoms with Gasteiger partial charge < -0.3 is 10.1 Å². The van der Waals surface area contributed by atoms with E-state index >= 15 is 0 Å². The van der Waals surface area contributed by atoms with Gasteiger partial charge in [-0.05, 0) is 24.6 Å². The molecule has 1 atom stereocenters. The normalized spacial score (nSPS) is 22.6. The lowest BCUT2D eigenvalue weighted by Crippen LogP contribution is -2.45. The van der Waals surface area contributed by atoms with Gasteiger partial charge in [-0.3, -0.25) is 19.3 Å². The van der Waals surface area contributed by atoms with E-state index in [9.17, 15) is 18.8 Å². The first kappa shape index (κ1) is 13.7. The molecule has 0 bridgehead atoms. The van der Waals surface area contributed by atoms with E-state index in [1.807, 2.05) is 0 Å². The van der Waals surface area contributed by atoms with Gasteiger partial charge in [-0.15, -0.1) is 0 Å². The van der Waals surface area contributed by atoms with Crippen LogP contribution in [0.2, 0.25) is 0 Å². The molecular weight excluding hydrogens is 279 g/mol. The minimum absolute atomic E-state index is 0.0487. The molecule has 110 valence electrons. The first-order valence-electron chi connectivity index (χ1n) is 6.60. The lowest BCUT2D eigenvalue weighted by molar-refractivity contribution is -0.124. The van der Waals surface area contributed by atoms with Crippen molar-refractivity contribution >= 4 is 17.7 Å². The second kappa shape index (κ2) is 5.25. The second-order valence-corrected chi connectivity index (χ2v) is 4.98. The van der Waals surface area contributed by atoms with E-state index < -0.39 is 23.7 Å². The second-order valence-electron chi connectivity index (χ2n) is 4.98. The zero-order chi connectivity index (χ0) is 15.0. The fourth-order valence-corrected chi connectivity index (χ4v) is 2.56. The number of amides is 3. The van der Waals surface area contributed by atoms with Gasteiger partial charge in [-0.25, -0.2) is 4.39 Å². The van der Waals surface area contributed by atoms with E-state index in [2.05, 4.69) is 5.32 Å². The Bertz CT molecular complexity index is 631. The van der Waals surface area contributed by atoms with Crippen LogP contribution < -0.4 is 5.32 Å². The number of nitrogens with zero attached hydrogens (tertiary/aromatic N) is 1. The number of benzene rings is 1. The Morgan fingerprint density at radius 2 is 1.95 bits per heavy atom. The Labute approximate surface area is 119 Å². The summed E-state index contributed by atoms with van der Waals surface area (Å²) in [4.78, 5) is 37.1. The van der Waals surface area contributed by atoms with E-state index in [1.54, 1.807) is 0 Å². The van der Waals surface area contributed by atoms with Gasteiger partial charge in [0.15, 0.2) is 0 Å². The Hall–Kier alpha value is -2.28. The SMILES string of the molecule is O=C1CCC(N2C(=O)c3ccc(F)cc3C2=O)COCN1. The highest BCUT2D eigenvalue weighted by Crippen LogP contribution is 2.27. The number of nitrogens with one attached hydrogen (secondary N) is 1. The van der Waals surface area contributed by atoms with E-state index in [1.165, 1.54) is 6.07 Å². The van der Waals surface area contributed by atoms with Crippen LogP contribution in [0.15, 0.2) is 18.2 Å². The van der Waals surface area contributed by atoms with Crippen LogP contribution >= 0.6 is 0 Å². The Morgan fingerprint density at radius 1 is 1.19 bits per heavy atom. The van der Waals surface area contributed by atoms with Crippen molar-refractivity contribution in [2.75, 3.05) is 13.3 Å². The van der Waals surface area contributed by atoms with E-state index in [4.69, 9.17) is 4.74 Å². The molecule has 1 aromatic carbocycles. The third-order valence-electron chi connectivity index (χ3n) is 3.63. The maximum Gasteiger partial charge on any atom is 0.261 e. The minimum Gasteiger partial charge on any atom is -0.359 e. The number of hydrogen-bond donors (Lipinski definition) is 1. The summed E-state index contributed by atoms with van der Waals surface area (Å²) in [5.41, 5.74) is 0.249. The lowest BCUT2D eigenvalue weighted by Gasteiger charge is -2.27. The summed E-state index contributed by atoms with van der Waals surface area (Å²) < 4.78 is 18.5. The van der Waals surface area contributed by atoms with Gasteiger partial charge in [0.25, 0.3) is 11.8 Å². The molecule has 0 spiro atoms. The average molecular weight is 292 g/mol. The summed E-state index contributed by atoms with van der Waals surface area (Å²) >= 11 is 0. The molecular formula is C14H13FN2O4. The molecule has 1 N–H and O–H groups in total. The lowest BCUT2D eigenvalue weighted by atomic mass is 10.1. The summed E-state index contributed by atoms with van der Waals surface area (Å²) in [6.07, 6.45) is 0.523. The first-order chi connectivity index (χ1) is 10.1. The highest BCUT2D eigenvalue weighted by atomic mass is 19.1. The largest absolute Gasteiger partial charge is 0.359 e. The third-order valence-corrected chi connectivity index (χ3v) is 3.63. The number of halogens is 1. The predicted octanol–water partition coefficient (Wildman–Crippen LogP) is 0.674. The van der Waals surface area contributed by atoms with Crippen molar-refractivity contribution in [1.29, 1.82) is 0 Å². The van der Waals surface area contributed by atoms with Crippen molar-refractivity contribution in [3.05, 3.63) is 35.1 Å². The number of imide groups is 1. The van der Waals surface area contributed by atoms with Crippen LogP contribution in [0.3, 0.4) is 0 Å². The number of carbonyl (C=O) groups excluding carboxylic acids is 3. The molecule has 1 saturated heterocycles. The quantitative estimate of drug-likeness (QED) is 0.772. The topological polar surface area (TPSA) is 75.7 Å². The summed E-state index contributed by atoms with van der Waals surface area (Å²) in [6, 6.07) is 3.00. The molecule has 1 unspecified atom stereocenters. The number of ether oxygens (including phenoxy) is 1. The molecule has 2 aliphatic rings. The molecule has 6 nitrogen and oxygen atoms in total. The molecule has 3 rings (SSSR count). The van der Waals surface area contributed by atoms with Crippen LogP contribution in [-0.2, 0) is 9.53 Å². The predicted molar refractivity (Wildman–Crippen MR) is 68.9 cm³/mol. The van der Waals surface area contributed by atoms with Crippen LogP contribution in [0, 0.1) is 5.82 Å². The smallest absolute Gasteiger partial charge is 0.261 e.